The van der Waals surface area contributed by atoms with Crippen molar-refractivity contribution in [1.29, 1.82) is 0 Å². The Hall–Kier alpha value is -1.06. The van der Waals surface area contributed by atoms with E-state index in [1.165, 1.54) is 24.4 Å². The van der Waals surface area contributed by atoms with Crippen molar-refractivity contribution in [2.75, 3.05) is 10.1 Å². The van der Waals surface area contributed by atoms with E-state index in [0.717, 1.165) is 6.20 Å². The van der Waals surface area contributed by atoms with E-state index in [1.54, 1.807) is 0 Å². The molecule has 10 heteroatoms. The Morgan fingerprint density at radius 1 is 1.24 bits per heavy atom. The molecule has 0 aliphatic heterocycles. The summed E-state index contributed by atoms with van der Waals surface area (Å²) in [6.45, 7) is 0. The van der Waals surface area contributed by atoms with Gasteiger partial charge in [0.05, 0.1) is 21.4 Å². The number of anilines is 2. The molecule has 2 rings (SSSR count). The van der Waals surface area contributed by atoms with E-state index in [0.29, 0.717) is 4.47 Å². The van der Waals surface area contributed by atoms with Gasteiger partial charge in [-0.15, -0.1) is 0 Å². The number of aromatic nitrogens is 1. The fourth-order valence-corrected chi connectivity index (χ4v) is 4.17. The normalized spacial score (nSPS) is 11.2. The summed E-state index contributed by atoms with van der Waals surface area (Å²) in [6, 6.07) is 4.48. The number of hydrogen-bond donors (Lipinski definition) is 3. The van der Waals surface area contributed by atoms with E-state index in [9.17, 15) is 8.42 Å². The summed E-state index contributed by atoms with van der Waals surface area (Å²) < 4.78 is 27.7. The molecule has 6 nitrogen and oxygen atoms in total. The second-order valence-electron chi connectivity index (χ2n) is 3.87. The summed E-state index contributed by atoms with van der Waals surface area (Å²) in [5.41, 5.74) is 2.57. The molecule has 112 valence electrons. The summed E-state index contributed by atoms with van der Waals surface area (Å²) in [5, 5.41) is 0.313. The SMILES string of the molecule is NNc1ccncc1S(=O)(=O)Nc1c(Cl)cc(Br)cc1Cl. The summed E-state index contributed by atoms with van der Waals surface area (Å²) in [5.74, 6) is 5.29. The first-order valence-corrected chi connectivity index (χ1v) is 8.46. The van der Waals surface area contributed by atoms with Crippen molar-refractivity contribution in [2.45, 2.75) is 4.90 Å². The highest BCUT2D eigenvalue weighted by Gasteiger charge is 2.21. The predicted octanol–water partition coefficient (Wildman–Crippen LogP) is 3.24. The largest absolute Gasteiger partial charge is 0.323 e. The van der Waals surface area contributed by atoms with Crippen molar-refractivity contribution in [3.05, 3.63) is 45.1 Å². The van der Waals surface area contributed by atoms with Crippen LogP contribution in [-0.4, -0.2) is 13.4 Å². The third-order valence-corrected chi connectivity index (χ3v) is 4.90. The van der Waals surface area contributed by atoms with Gasteiger partial charge >= 0.3 is 0 Å². The number of pyridine rings is 1. The molecule has 1 aromatic carbocycles. The smallest absolute Gasteiger partial charge is 0.265 e. The molecule has 0 radical (unpaired) electrons. The average Bonchev–Trinajstić information content (AvgIpc) is 2.43. The first-order chi connectivity index (χ1) is 9.85. The van der Waals surface area contributed by atoms with E-state index >= 15 is 0 Å². The summed E-state index contributed by atoms with van der Waals surface area (Å²) >= 11 is 15.2. The van der Waals surface area contributed by atoms with E-state index in [-0.39, 0.29) is 26.3 Å². The zero-order valence-electron chi connectivity index (χ0n) is 10.3. The van der Waals surface area contributed by atoms with Gasteiger partial charge in [0, 0.05) is 16.9 Å². The van der Waals surface area contributed by atoms with E-state index in [4.69, 9.17) is 29.0 Å². The van der Waals surface area contributed by atoms with Crippen LogP contribution in [0.5, 0.6) is 0 Å². The number of benzene rings is 1. The Labute approximate surface area is 139 Å². The topological polar surface area (TPSA) is 97.1 Å². The maximum absolute atomic E-state index is 12.4. The fourth-order valence-electron chi connectivity index (χ4n) is 1.54. The summed E-state index contributed by atoms with van der Waals surface area (Å²) in [4.78, 5) is 3.65. The molecule has 0 bridgehead atoms. The number of sulfonamides is 1. The number of nitrogens with two attached hydrogens (primary N) is 1. The average molecular weight is 412 g/mol. The number of hydrogen-bond acceptors (Lipinski definition) is 5. The van der Waals surface area contributed by atoms with Gasteiger partial charge in [0.2, 0.25) is 0 Å². The standard InChI is InChI=1S/C11H9BrCl2N4O2S/c12-6-3-7(13)11(8(14)4-6)18-21(19,20)10-5-16-2-1-9(10)17-15/h1-5,18H,15H2,(H,16,17). The Balaban J connectivity index is 2.48. The molecule has 1 heterocycles. The van der Waals surface area contributed by atoms with Gasteiger partial charge in [-0.05, 0) is 18.2 Å². The molecule has 0 unspecified atom stereocenters. The molecule has 0 spiro atoms. The lowest BCUT2D eigenvalue weighted by Crippen LogP contribution is -2.18. The molecule has 0 amide bonds. The zero-order valence-corrected chi connectivity index (χ0v) is 14.2. The number of nitrogen functional groups attached to an aromatic ring is 1. The first kappa shape index (κ1) is 16.3. The number of halogens is 3. The van der Waals surface area contributed by atoms with Crippen LogP contribution in [0.3, 0.4) is 0 Å². The molecule has 4 N–H and O–H groups in total. The van der Waals surface area contributed by atoms with Crippen LogP contribution < -0.4 is 16.0 Å². The maximum atomic E-state index is 12.4. The Bertz CT molecular complexity index is 763. The highest BCUT2D eigenvalue weighted by molar-refractivity contribution is 9.10. The maximum Gasteiger partial charge on any atom is 0.265 e. The van der Waals surface area contributed by atoms with Gasteiger partial charge in [-0.1, -0.05) is 39.1 Å². The van der Waals surface area contributed by atoms with Gasteiger partial charge in [0.25, 0.3) is 10.0 Å². The fraction of sp³-hybridized carbons (Fsp3) is 0. The van der Waals surface area contributed by atoms with Crippen molar-refractivity contribution in [2.24, 2.45) is 5.84 Å². The number of rotatable bonds is 4. The molecule has 0 aliphatic carbocycles. The monoisotopic (exact) mass is 410 g/mol. The minimum atomic E-state index is -3.95. The lowest BCUT2D eigenvalue weighted by Gasteiger charge is -2.13. The van der Waals surface area contributed by atoms with Crippen LogP contribution in [0.25, 0.3) is 0 Å². The van der Waals surface area contributed by atoms with Gasteiger partial charge in [-0.2, -0.15) is 0 Å². The lowest BCUT2D eigenvalue weighted by atomic mass is 10.3. The van der Waals surface area contributed by atoms with Gasteiger partial charge in [-0.3, -0.25) is 15.5 Å². The molecule has 0 atom stereocenters. The van der Waals surface area contributed by atoms with Crippen LogP contribution in [0.2, 0.25) is 10.0 Å². The van der Waals surface area contributed by atoms with E-state index < -0.39 is 10.0 Å². The van der Waals surface area contributed by atoms with E-state index in [2.05, 4.69) is 31.1 Å². The van der Waals surface area contributed by atoms with Crippen LogP contribution in [0.4, 0.5) is 11.4 Å². The van der Waals surface area contributed by atoms with Crippen molar-refractivity contribution < 1.29 is 8.42 Å². The molecule has 1 aromatic heterocycles. The highest BCUT2D eigenvalue weighted by Crippen LogP contribution is 2.35. The van der Waals surface area contributed by atoms with Crippen LogP contribution in [0.1, 0.15) is 0 Å². The van der Waals surface area contributed by atoms with Crippen LogP contribution >= 0.6 is 39.1 Å². The van der Waals surface area contributed by atoms with Gasteiger partial charge in [-0.25, -0.2) is 8.42 Å². The molecule has 21 heavy (non-hydrogen) atoms. The third kappa shape index (κ3) is 3.58. The number of nitrogens with zero attached hydrogens (tertiary/aromatic N) is 1. The molecule has 2 aromatic rings. The molecule has 0 saturated heterocycles. The number of nitrogens with one attached hydrogen (secondary N) is 2. The Kier molecular flexibility index (Phi) is 4.95. The quantitative estimate of drug-likeness (QED) is 0.530. The highest BCUT2D eigenvalue weighted by atomic mass is 79.9. The zero-order chi connectivity index (χ0) is 15.6. The second kappa shape index (κ2) is 6.37. The predicted molar refractivity (Wildman–Crippen MR) is 87.0 cm³/mol. The molecule has 0 aliphatic rings. The van der Waals surface area contributed by atoms with E-state index in [1.807, 2.05) is 0 Å². The van der Waals surface area contributed by atoms with Gasteiger partial charge in [0.15, 0.2) is 0 Å². The Morgan fingerprint density at radius 3 is 2.43 bits per heavy atom. The second-order valence-corrected chi connectivity index (χ2v) is 7.25. The summed E-state index contributed by atoms with van der Waals surface area (Å²) in [7, 11) is -3.95. The molecule has 0 saturated carbocycles. The minimum absolute atomic E-state index is 0.0772. The van der Waals surface area contributed by atoms with Gasteiger partial charge in [0.1, 0.15) is 4.90 Å². The van der Waals surface area contributed by atoms with Crippen molar-refractivity contribution in [3.8, 4) is 0 Å². The molecule has 0 fully saturated rings. The van der Waals surface area contributed by atoms with Crippen molar-refractivity contribution in [3.63, 3.8) is 0 Å². The summed E-state index contributed by atoms with van der Waals surface area (Å²) in [6.07, 6.45) is 2.58. The van der Waals surface area contributed by atoms with Crippen LogP contribution in [0.15, 0.2) is 40.0 Å². The van der Waals surface area contributed by atoms with Crippen LogP contribution in [0, 0.1) is 0 Å². The van der Waals surface area contributed by atoms with Crippen molar-refractivity contribution >= 4 is 60.5 Å². The third-order valence-electron chi connectivity index (χ3n) is 2.47. The molecular formula is C11H9BrCl2N4O2S. The first-order valence-electron chi connectivity index (χ1n) is 5.43. The number of hydrazine groups is 1. The van der Waals surface area contributed by atoms with Crippen molar-refractivity contribution in [1.82, 2.24) is 4.98 Å². The van der Waals surface area contributed by atoms with Gasteiger partial charge < -0.3 is 5.43 Å². The minimum Gasteiger partial charge on any atom is -0.323 e. The Morgan fingerprint density at radius 2 is 1.86 bits per heavy atom. The van der Waals surface area contributed by atoms with Crippen LogP contribution in [-0.2, 0) is 10.0 Å². The molecular weight excluding hydrogens is 403 g/mol. The lowest BCUT2D eigenvalue weighted by molar-refractivity contribution is 0.601.